The molecule has 2 rings (SSSR count). The number of carboxylic acids is 1. The molecule has 0 spiro atoms. The van der Waals surface area contributed by atoms with Gasteiger partial charge in [-0.3, -0.25) is 14.9 Å². The Labute approximate surface area is 148 Å². The van der Waals surface area contributed by atoms with Crippen LogP contribution in [0, 0.1) is 17.0 Å². The number of benzene rings is 2. The van der Waals surface area contributed by atoms with Crippen LogP contribution in [-0.2, 0) is 4.79 Å². The molecule has 0 unspecified atom stereocenters. The minimum atomic E-state index is -1.34. The van der Waals surface area contributed by atoms with Gasteiger partial charge in [0, 0.05) is 34.6 Å². The molecule has 25 heavy (non-hydrogen) atoms. The van der Waals surface area contributed by atoms with Crippen molar-refractivity contribution in [1.82, 2.24) is 5.32 Å². The van der Waals surface area contributed by atoms with Crippen LogP contribution >= 0.6 is 11.6 Å². The molecule has 1 N–H and O–H groups in total. The van der Waals surface area contributed by atoms with Gasteiger partial charge in [0.05, 0.1) is 11.0 Å². The first kappa shape index (κ1) is 18.4. The molecule has 1 atom stereocenters. The number of halogens is 1. The Morgan fingerprint density at radius 2 is 1.84 bits per heavy atom. The number of amides is 1. The summed E-state index contributed by atoms with van der Waals surface area (Å²) in [6.07, 6.45) is -0.443. The number of aliphatic carboxylic acids is 1. The lowest BCUT2D eigenvalue weighted by Crippen LogP contribution is -2.34. The molecule has 0 saturated carbocycles. The molecule has 7 nitrogen and oxygen atoms in total. The molecule has 0 aliphatic rings. The fraction of sp³-hybridized carbons (Fsp3) is 0.176. The van der Waals surface area contributed by atoms with E-state index in [2.05, 4.69) is 5.32 Å². The molecule has 2 aromatic carbocycles. The highest BCUT2D eigenvalue weighted by Gasteiger charge is 2.21. The van der Waals surface area contributed by atoms with Crippen molar-refractivity contribution in [1.29, 1.82) is 0 Å². The SMILES string of the molecule is Cc1c(C(=O)N[C@@H](CC(=O)[O-])c2ccc(Cl)cc2)cccc1[N+](=O)[O-]. The topological polar surface area (TPSA) is 112 Å². The summed E-state index contributed by atoms with van der Waals surface area (Å²) < 4.78 is 0. The Kier molecular flexibility index (Phi) is 5.71. The Morgan fingerprint density at radius 1 is 1.20 bits per heavy atom. The first-order valence-electron chi connectivity index (χ1n) is 7.29. The van der Waals surface area contributed by atoms with E-state index in [9.17, 15) is 24.8 Å². The van der Waals surface area contributed by atoms with Crippen LogP contribution < -0.4 is 10.4 Å². The molecular weight excluding hydrogens is 348 g/mol. The monoisotopic (exact) mass is 361 g/mol. The summed E-state index contributed by atoms with van der Waals surface area (Å²) in [7, 11) is 0. The third kappa shape index (κ3) is 4.54. The molecule has 130 valence electrons. The van der Waals surface area contributed by atoms with Crippen LogP contribution in [-0.4, -0.2) is 16.8 Å². The van der Waals surface area contributed by atoms with Gasteiger partial charge in [0.1, 0.15) is 0 Å². The number of rotatable bonds is 6. The van der Waals surface area contributed by atoms with Crippen LogP contribution in [0.2, 0.25) is 5.02 Å². The summed E-state index contributed by atoms with van der Waals surface area (Å²) in [5.74, 6) is -1.95. The molecule has 0 aliphatic carbocycles. The van der Waals surface area contributed by atoms with Crippen molar-refractivity contribution in [2.45, 2.75) is 19.4 Å². The molecule has 1 amide bonds. The third-order valence-corrected chi connectivity index (χ3v) is 3.95. The fourth-order valence-electron chi connectivity index (χ4n) is 2.42. The van der Waals surface area contributed by atoms with E-state index in [1.807, 2.05) is 0 Å². The average molecular weight is 362 g/mol. The molecule has 0 heterocycles. The van der Waals surface area contributed by atoms with E-state index >= 15 is 0 Å². The number of nitro benzene ring substituents is 1. The van der Waals surface area contributed by atoms with Gasteiger partial charge in [0.15, 0.2) is 0 Å². The van der Waals surface area contributed by atoms with E-state index in [1.165, 1.54) is 25.1 Å². The summed E-state index contributed by atoms with van der Waals surface area (Å²) in [5, 5.41) is 25.0. The Morgan fingerprint density at radius 3 is 2.40 bits per heavy atom. The number of hydrogen-bond donors (Lipinski definition) is 1. The van der Waals surface area contributed by atoms with Gasteiger partial charge < -0.3 is 15.2 Å². The van der Waals surface area contributed by atoms with Gasteiger partial charge in [-0.05, 0) is 30.7 Å². The van der Waals surface area contributed by atoms with Crippen molar-refractivity contribution in [3.8, 4) is 0 Å². The van der Waals surface area contributed by atoms with Crippen LogP contribution in [0.25, 0.3) is 0 Å². The summed E-state index contributed by atoms with van der Waals surface area (Å²) in [4.78, 5) is 33.9. The number of nitro groups is 1. The Hall–Kier alpha value is -2.93. The molecule has 8 heteroatoms. The number of hydrogen-bond acceptors (Lipinski definition) is 5. The Balaban J connectivity index is 2.31. The molecule has 0 aliphatic heterocycles. The lowest BCUT2D eigenvalue weighted by atomic mass is 10.0. The van der Waals surface area contributed by atoms with Crippen LogP contribution in [0.5, 0.6) is 0 Å². The van der Waals surface area contributed by atoms with Gasteiger partial charge in [0.2, 0.25) is 0 Å². The zero-order chi connectivity index (χ0) is 18.6. The van der Waals surface area contributed by atoms with E-state index in [1.54, 1.807) is 24.3 Å². The second kappa shape index (κ2) is 7.76. The third-order valence-electron chi connectivity index (χ3n) is 3.70. The quantitative estimate of drug-likeness (QED) is 0.625. The van der Waals surface area contributed by atoms with E-state index in [0.29, 0.717) is 10.6 Å². The zero-order valence-electron chi connectivity index (χ0n) is 13.2. The number of carboxylic acid groups (broad SMARTS) is 1. The number of nitrogens with one attached hydrogen (secondary N) is 1. The maximum atomic E-state index is 12.5. The van der Waals surface area contributed by atoms with Crippen molar-refractivity contribution in [2.24, 2.45) is 0 Å². The second-order valence-corrected chi connectivity index (χ2v) is 5.80. The van der Waals surface area contributed by atoms with E-state index < -0.39 is 29.3 Å². The standard InChI is InChI=1S/C17H15ClN2O5/c1-10-13(3-2-4-15(10)20(24)25)17(23)19-14(9-16(21)22)11-5-7-12(18)8-6-11/h2-8,14H,9H2,1H3,(H,19,23)(H,21,22)/p-1/t14-/m0/s1. The largest absolute Gasteiger partial charge is 0.550 e. The van der Waals surface area contributed by atoms with Gasteiger partial charge in [0.25, 0.3) is 11.6 Å². The minimum absolute atomic E-state index is 0.103. The average Bonchev–Trinajstić information content (AvgIpc) is 2.54. The van der Waals surface area contributed by atoms with Gasteiger partial charge >= 0.3 is 0 Å². The second-order valence-electron chi connectivity index (χ2n) is 5.36. The lowest BCUT2D eigenvalue weighted by molar-refractivity contribution is -0.385. The zero-order valence-corrected chi connectivity index (χ0v) is 13.9. The van der Waals surface area contributed by atoms with Gasteiger partial charge in [-0.15, -0.1) is 0 Å². The molecule has 0 aromatic heterocycles. The van der Waals surface area contributed by atoms with Crippen LogP contribution in [0.3, 0.4) is 0 Å². The predicted molar refractivity (Wildman–Crippen MR) is 89.1 cm³/mol. The van der Waals surface area contributed by atoms with Crippen LogP contribution in [0.4, 0.5) is 5.69 Å². The smallest absolute Gasteiger partial charge is 0.273 e. The van der Waals surface area contributed by atoms with Gasteiger partial charge in [-0.25, -0.2) is 0 Å². The van der Waals surface area contributed by atoms with E-state index in [0.717, 1.165) is 0 Å². The number of carbonyl (C=O) groups is 2. The van der Waals surface area contributed by atoms with Crippen molar-refractivity contribution in [3.05, 3.63) is 74.3 Å². The van der Waals surface area contributed by atoms with Gasteiger partial charge in [-0.2, -0.15) is 0 Å². The normalized spacial score (nSPS) is 11.6. The van der Waals surface area contributed by atoms with Crippen molar-refractivity contribution < 1.29 is 19.6 Å². The molecule has 0 fully saturated rings. The summed E-state index contributed by atoms with van der Waals surface area (Å²) in [6.45, 7) is 1.46. The fourth-order valence-corrected chi connectivity index (χ4v) is 2.54. The first-order valence-corrected chi connectivity index (χ1v) is 7.67. The maximum absolute atomic E-state index is 12.5. The lowest BCUT2D eigenvalue weighted by Gasteiger charge is -2.20. The van der Waals surface area contributed by atoms with Crippen molar-refractivity contribution in [3.63, 3.8) is 0 Å². The molecule has 0 saturated heterocycles. The van der Waals surface area contributed by atoms with Gasteiger partial charge in [-0.1, -0.05) is 29.8 Å². The molecule has 0 bridgehead atoms. The first-order chi connectivity index (χ1) is 11.8. The molecular formula is C17H14ClN2O5-. The number of carbonyl (C=O) groups excluding carboxylic acids is 2. The molecule has 2 aromatic rings. The number of nitrogens with zero attached hydrogens (tertiary/aromatic N) is 1. The molecule has 0 radical (unpaired) electrons. The highest BCUT2D eigenvalue weighted by Crippen LogP contribution is 2.23. The highest BCUT2D eigenvalue weighted by atomic mass is 35.5. The van der Waals surface area contributed by atoms with Crippen LogP contribution in [0.15, 0.2) is 42.5 Å². The highest BCUT2D eigenvalue weighted by molar-refractivity contribution is 6.30. The summed E-state index contributed by atoms with van der Waals surface area (Å²) >= 11 is 5.81. The van der Waals surface area contributed by atoms with Crippen LogP contribution in [0.1, 0.15) is 33.9 Å². The van der Waals surface area contributed by atoms with E-state index in [-0.39, 0.29) is 16.8 Å². The van der Waals surface area contributed by atoms with E-state index in [4.69, 9.17) is 11.6 Å². The van der Waals surface area contributed by atoms with Crippen molar-refractivity contribution >= 4 is 29.2 Å². The minimum Gasteiger partial charge on any atom is -0.550 e. The Bertz CT molecular complexity index is 820. The summed E-state index contributed by atoms with van der Waals surface area (Å²) in [6, 6.07) is 9.62. The predicted octanol–water partition coefficient (Wildman–Crippen LogP) is 2.17. The van der Waals surface area contributed by atoms with Crippen molar-refractivity contribution in [2.75, 3.05) is 0 Å². The summed E-state index contributed by atoms with van der Waals surface area (Å²) in [5.41, 5.74) is 0.653. The maximum Gasteiger partial charge on any atom is 0.273 e.